The molecule has 1 amide bonds. The Morgan fingerprint density at radius 2 is 1.74 bits per heavy atom. The van der Waals surface area contributed by atoms with Crippen LogP contribution < -0.4 is 5.32 Å². The molecule has 0 bridgehead atoms. The number of aromatic nitrogens is 1. The minimum atomic E-state index is -4.58. The predicted octanol–water partition coefficient (Wildman–Crippen LogP) is 3.96. The lowest BCUT2D eigenvalue weighted by Gasteiger charge is -2.18. The van der Waals surface area contributed by atoms with E-state index in [9.17, 15) is 23.1 Å². The van der Waals surface area contributed by atoms with Gasteiger partial charge in [0.05, 0.1) is 11.7 Å². The number of carbonyl (C=O) groups is 1. The number of rotatable bonds is 5. The van der Waals surface area contributed by atoms with Crippen LogP contribution in [0.1, 0.15) is 27.6 Å². The number of benzene rings is 2. The van der Waals surface area contributed by atoms with E-state index in [-0.39, 0.29) is 12.1 Å². The van der Waals surface area contributed by atoms with Gasteiger partial charge in [-0.1, -0.05) is 24.3 Å². The molecule has 3 aromatic rings. The van der Waals surface area contributed by atoms with Crippen LogP contribution in [0.2, 0.25) is 0 Å². The number of nitrogens with zero attached hydrogens (tertiary/aromatic N) is 1. The molecule has 0 fully saturated rings. The fourth-order valence-corrected chi connectivity index (χ4v) is 2.76. The van der Waals surface area contributed by atoms with E-state index in [1.54, 1.807) is 18.2 Å². The van der Waals surface area contributed by atoms with Crippen LogP contribution in [0.25, 0.3) is 5.69 Å². The zero-order chi connectivity index (χ0) is 19.4. The normalized spacial score (nSPS) is 12.6. The topological polar surface area (TPSA) is 54.3 Å². The summed E-state index contributed by atoms with van der Waals surface area (Å²) in [7, 11) is 0. The quantitative estimate of drug-likeness (QED) is 0.710. The number of alkyl halides is 3. The molecule has 4 nitrogen and oxygen atoms in total. The van der Waals surface area contributed by atoms with Gasteiger partial charge in [-0.2, -0.15) is 13.2 Å². The van der Waals surface area contributed by atoms with Crippen LogP contribution >= 0.6 is 0 Å². The fourth-order valence-electron chi connectivity index (χ4n) is 2.76. The number of aliphatic hydroxyl groups is 1. The smallest absolute Gasteiger partial charge is 0.387 e. The number of carbonyl (C=O) groups excluding carboxylic acids is 1. The summed E-state index contributed by atoms with van der Waals surface area (Å²) < 4.78 is 41.0. The molecule has 1 heterocycles. The average molecular weight is 374 g/mol. The zero-order valence-electron chi connectivity index (χ0n) is 14.1. The van der Waals surface area contributed by atoms with Crippen LogP contribution in [0.3, 0.4) is 0 Å². The van der Waals surface area contributed by atoms with Crippen molar-refractivity contribution in [2.24, 2.45) is 0 Å². The summed E-state index contributed by atoms with van der Waals surface area (Å²) in [6.07, 6.45) is -2.39. The van der Waals surface area contributed by atoms with Crippen molar-refractivity contribution in [1.29, 1.82) is 0 Å². The first-order chi connectivity index (χ1) is 12.9. The van der Waals surface area contributed by atoms with Crippen LogP contribution in [0.15, 0.2) is 73.1 Å². The molecule has 0 saturated heterocycles. The molecule has 0 aliphatic rings. The fraction of sp³-hybridized carbons (Fsp3) is 0.150. The minimum absolute atomic E-state index is 0.272. The highest BCUT2D eigenvalue weighted by Crippen LogP contribution is 2.34. The summed E-state index contributed by atoms with van der Waals surface area (Å²) in [5.74, 6) is -0.479. The SMILES string of the molecule is O=C(NCC(O)c1ccccc1C(F)(F)F)c1cccc(-n2cccc2)c1. The Kier molecular flexibility index (Phi) is 5.32. The average Bonchev–Trinajstić information content (AvgIpc) is 3.20. The Balaban J connectivity index is 1.71. The third-order valence-electron chi connectivity index (χ3n) is 4.09. The molecule has 27 heavy (non-hydrogen) atoms. The molecule has 2 aromatic carbocycles. The Bertz CT molecular complexity index is 921. The molecule has 7 heteroatoms. The van der Waals surface area contributed by atoms with E-state index in [1.807, 2.05) is 35.2 Å². The van der Waals surface area contributed by atoms with Crippen LogP contribution in [0, 0.1) is 0 Å². The minimum Gasteiger partial charge on any atom is -0.387 e. The second-order valence-corrected chi connectivity index (χ2v) is 5.95. The molecule has 0 spiro atoms. The molecule has 1 atom stereocenters. The summed E-state index contributed by atoms with van der Waals surface area (Å²) in [5, 5.41) is 12.6. The van der Waals surface area contributed by atoms with Gasteiger partial charge in [0, 0.05) is 30.2 Å². The van der Waals surface area contributed by atoms with Gasteiger partial charge < -0.3 is 15.0 Å². The highest BCUT2D eigenvalue weighted by Gasteiger charge is 2.34. The number of aliphatic hydroxyl groups excluding tert-OH is 1. The van der Waals surface area contributed by atoms with Gasteiger partial charge in [0.25, 0.3) is 5.91 Å². The standard InChI is InChI=1S/C20H17F3N2O2/c21-20(22,23)17-9-2-1-8-16(17)18(26)13-24-19(27)14-6-5-7-15(12-14)25-10-3-4-11-25/h1-12,18,26H,13H2,(H,24,27). The lowest BCUT2D eigenvalue weighted by Crippen LogP contribution is -2.29. The van der Waals surface area contributed by atoms with Gasteiger partial charge >= 0.3 is 6.18 Å². The van der Waals surface area contributed by atoms with Crippen LogP contribution in [-0.4, -0.2) is 22.1 Å². The maximum atomic E-state index is 13.1. The van der Waals surface area contributed by atoms with Gasteiger partial charge in [0.2, 0.25) is 0 Å². The molecule has 3 rings (SSSR count). The van der Waals surface area contributed by atoms with Crippen LogP contribution in [-0.2, 0) is 6.18 Å². The number of amides is 1. The molecular weight excluding hydrogens is 357 g/mol. The monoisotopic (exact) mass is 374 g/mol. The molecule has 0 aliphatic carbocycles. The lowest BCUT2D eigenvalue weighted by molar-refractivity contribution is -0.139. The summed E-state index contributed by atoms with van der Waals surface area (Å²) in [5.41, 5.74) is -0.0686. The van der Waals surface area contributed by atoms with Crippen molar-refractivity contribution in [3.05, 3.63) is 89.7 Å². The van der Waals surface area contributed by atoms with Crippen LogP contribution in [0.5, 0.6) is 0 Å². The third-order valence-corrected chi connectivity index (χ3v) is 4.09. The molecule has 0 saturated carbocycles. The maximum Gasteiger partial charge on any atom is 0.416 e. The van der Waals surface area contributed by atoms with Crippen molar-refractivity contribution in [2.45, 2.75) is 12.3 Å². The van der Waals surface area contributed by atoms with E-state index >= 15 is 0 Å². The van der Waals surface area contributed by atoms with Crippen molar-refractivity contribution in [3.8, 4) is 5.69 Å². The summed E-state index contributed by atoms with van der Waals surface area (Å²) >= 11 is 0. The van der Waals surface area contributed by atoms with Gasteiger partial charge in [-0.05, 0) is 42.0 Å². The first-order valence-electron chi connectivity index (χ1n) is 8.22. The number of hydrogen-bond acceptors (Lipinski definition) is 2. The summed E-state index contributed by atoms with van der Waals surface area (Å²) in [6.45, 7) is -0.334. The summed E-state index contributed by atoms with van der Waals surface area (Å²) in [4.78, 5) is 12.3. The molecule has 0 radical (unpaired) electrons. The highest BCUT2D eigenvalue weighted by atomic mass is 19.4. The van der Waals surface area contributed by atoms with Gasteiger partial charge in [0.1, 0.15) is 0 Å². The van der Waals surface area contributed by atoms with E-state index in [0.29, 0.717) is 5.56 Å². The predicted molar refractivity (Wildman–Crippen MR) is 94.5 cm³/mol. The number of halogens is 3. The van der Waals surface area contributed by atoms with Crippen molar-refractivity contribution < 1.29 is 23.1 Å². The molecule has 2 N–H and O–H groups in total. The van der Waals surface area contributed by atoms with E-state index in [1.165, 1.54) is 18.2 Å². The van der Waals surface area contributed by atoms with E-state index in [4.69, 9.17) is 0 Å². The first-order valence-corrected chi connectivity index (χ1v) is 8.22. The largest absolute Gasteiger partial charge is 0.416 e. The lowest BCUT2D eigenvalue weighted by atomic mass is 10.0. The maximum absolute atomic E-state index is 13.1. The first kappa shape index (κ1) is 18.7. The second kappa shape index (κ2) is 7.67. The van der Waals surface area contributed by atoms with E-state index in [0.717, 1.165) is 11.8 Å². The summed E-state index contributed by atoms with van der Waals surface area (Å²) in [6, 6.07) is 15.3. The van der Waals surface area contributed by atoms with Gasteiger partial charge in [-0.3, -0.25) is 4.79 Å². The van der Waals surface area contributed by atoms with Crippen molar-refractivity contribution in [1.82, 2.24) is 9.88 Å². The van der Waals surface area contributed by atoms with Crippen molar-refractivity contribution in [3.63, 3.8) is 0 Å². The molecular formula is C20H17F3N2O2. The zero-order valence-corrected chi connectivity index (χ0v) is 14.1. The van der Waals surface area contributed by atoms with Crippen LogP contribution in [0.4, 0.5) is 13.2 Å². The van der Waals surface area contributed by atoms with Crippen molar-refractivity contribution in [2.75, 3.05) is 6.54 Å². The number of nitrogens with one attached hydrogen (secondary N) is 1. The van der Waals surface area contributed by atoms with Gasteiger partial charge in [0.15, 0.2) is 0 Å². The molecule has 140 valence electrons. The van der Waals surface area contributed by atoms with Gasteiger partial charge in [-0.25, -0.2) is 0 Å². The molecule has 1 unspecified atom stereocenters. The van der Waals surface area contributed by atoms with E-state index < -0.39 is 23.8 Å². The molecule has 1 aromatic heterocycles. The Hall–Kier alpha value is -3.06. The Morgan fingerprint density at radius 1 is 1.04 bits per heavy atom. The third kappa shape index (κ3) is 4.38. The van der Waals surface area contributed by atoms with E-state index in [2.05, 4.69) is 5.32 Å². The van der Waals surface area contributed by atoms with Gasteiger partial charge in [-0.15, -0.1) is 0 Å². The Labute approximate surface area is 153 Å². The number of hydrogen-bond donors (Lipinski definition) is 2. The second-order valence-electron chi connectivity index (χ2n) is 5.95. The highest BCUT2D eigenvalue weighted by molar-refractivity contribution is 5.94. The van der Waals surface area contributed by atoms with Crippen molar-refractivity contribution >= 4 is 5.91 Å². The Morgan fingerprint density at radius 3 is 2.44 bits per heavy atom. The molecule has 0 aliphatic heterocycles.